The van der Waals surface area contributed by atoms with Crippen LogP contribution in [-0.4, -0.2) is 44.7 Å². The largest absolute Gasteiger partial charge is 0.355 e. The highest BCUT2D eigenvalue weighted by Crippen LogP contribution is 2.36. The molecule has 198 valence electrons. The summed E-state index contributed by atoms with van der Waals surface area (Å²) >= 11 is 0. The van der Waals surface area contributed by atoms with E-state index in [2.05, 4.69) is 26.3 Å². The molecule has 4 aromatic rings. The van der Waals surface area contributed by atoms with Crippen LogP contribution in [-0.2, 0) is 0 Å². The molecular formula is C30H30FN7O. The van der Waals surface area contributed by atoms with Crippen LogP contribution in [0.3, 0.4) is 0 Å². The lowest BCUT2D eigenvalue weighted by Crippen LogP contribution is -2.61. The first-order valence-corrected chi connectivity index (χ1v) is 13.4. The number of piperidine rings is 2. The summed E-state index contributed by atoms with van der Waals surface area (Å²) in [6.45, 7) is 9.35. The van der Waals surface area contributed by atoms with Crippen molar-refractivity contribution >= 4 is 16.9 Å². The predicted molar refractivity (Wildman–Crippen MR) is 149 cm³/mol. The Kier molecular flexibility index (Phi) is 6.15. The van der Waals surface area contributed by atoms with Crippen molar-refractivity contribution in [2.24, 2.45) is 0 Å². The maximum atomic E-state index is 15.1. The molecule has 0 spiro atoms. The number of piperazine rings is 1. The van der Waals surface area contributed by atoms with E-state index in [1.165, 1.54) is 10.6 Å². The zero-order valence-corrected chi connectivity index (χ0v) is 22.5. The van der Waals surface area contributed by atoms with Gasteiger partial charge in [-0.3, -0.25) is 4.98 Å². The SMILES string of the molecule is Cc1ccc(F)c(-c2nc3c(cc2C#N)c(N2CC4CCC2CN4)nc(=O)n3-c2c(C)ccnc2C(C)C)c1. The average molecular weight is 524 g/mol. The van der Waals surface area contributed by atoms with Crippen LogP contribution in [0, 0.1) is 31.0 Å². The smallest absolute Gasteiger partial charge is 0.350 e. The fourth-order valence-electron chi connectivity index (χ4n) is 5.91. The molecule has 3 aliphatic heterocycles. The van der Waals surface area contributed by atoms with Crippen molar-refractivity contribution in [3.05, 3.63) is 75.2 Å². The Hall–Kier alpha value is -4.16. The molecule has 0 saturated carbocycles. The van der Waals surface area contributed by atoms with Gasteiger partial charge in [0.1, 0.15) is 17.7 Å². The number of pyridine rings is 2. The van der Waals surface area contributed by atoms with E-state index in [0.29, 0.717) is 28.6 Å². The fraction of sp³-hybridized carbons (Fsp3) is 0.367. The summed E-state index contributed by atoms with van der Waals surface area (Å²) in [4.78, 5) is 30.3. The lowest BCUT2D eigenvalue weighted by molar-refractivity contribution is 0.289. The van der Waals surface area contributed by atoms with E-state index in [1.54, 1.807) is 24.4 Å². The third-order valence-electron chi connectivity index (χ3n) is 7.89. The summed E-state index contributed by atoms with van der Waals surface area (Å²) in [6.07, 6.45) is 3.80. The van der Waals surface area contributed by atoms with E-state index in [1.807, 2.05) is 33.8 Å². The van der Waals surface area contributed by atoms with Crippen molar-refractivity contribution in [2.45, 2.75) is 58.5 Å². The number of nitriles is 1. The van der Waals surface area contributed by atoms with E-state index in [-0.39, 0.29) is 28.8 Å². The number of benzene rings is 1. The number of aryl methyl sites for hydroxylation is 2. The molecule has 9 heteroatoms. The summed E-state index contributed by atoms with van der Waals surface area (Å²) in [5.74, 6) is 0.0693. The quantitative estimate of drug-likeness (QED) is 0.419. The number of fused-ring (bicyclic) bond motifs is 4. The molecule has 2 atom stereocenters. The maximum absolute atomic E-state index is 15.1. The van der Waals surface area contributed by atoms with Crippen molar-refractivity contribution in [1.82, 2.24) is 24.8 Å². The highest BCUT2D eigenvalue weighted by Gasteiger charge is 2.36. The third kappa shape index (κ3) is 4.16. The first kappa shape index (κ1) is 25.1. The summed E-state index contributed by atoms with van der Waals surface area (Å²) in [6, 6.07) is 11.0. The first-order valence-electron chi connectivity index (χ1n) is 13.4. The molecule has 3 aliphatic rings. The van der Waals surface area contributed by atoms with Crippen LogP contribution >= 0.6 is 0 Å². The Bertz CT molecular complexity index is 1710. The Morgan fingerprint density at radius 2 is 1.97 bits per heavy atom. The number of hydrogen-bond acceptors (Lipinski definition) is 7. The number of aromatic nitrogens is 4. The summed E-state index contributed by atoms with van der Waals surface area (Å²) < 4.78 is 16.6. The maximum Gasteiger partial charge on any atom is 0.355 e. The molecule has 2 bridgehead atoms. The molecular weight excluding hydrogens is 493 g/mol. The number of halogens is 1. The van der Waals surface area contributed by atoms with Crippen LogP contribution in [0.25, 0.3) is 28.0 Å². The van der Waals surface area contributed by atoms with Gasteiger partial charge in [-0.2, -0.15) is 10.2 Å². The Morgan fingerprint density at radius 3 is 2.64 bits per heavy atom. The van der Waals surface area contributed by atoms with E-state index < -0.39 is 11.5 Å². The second-order valence-corrected chi connectivity index (χ2v) is 10.9. The summed E-state index contributed by atoms with van der Waals surface area (Å²) in [7, 11) is 0. The number of nitrogens with one attached hydrogen (secondary N) is 1. The zero-order chi connectivity index (χ0) is 27.4. The molecule has 0 aliphatic carbocycles. The normalized spacial score (nSPS) is 18.6. The van der Waals surface area contributed by atoms with Gasteiger partial charge in [0, 0.05) is 36.9 Å². The van der Waals surface area contributed by atoms with Gasteiger partial charge in [-0.05, 0) is 62.4 Å². The number of hydrogen-bond donors (Lipinski definition) is 1. The van der Waals surface area contributed by atoms with Gasteiger partial charge in [0.15, 0.2) is 5.65 Å². The van der Waals surface area contributed by atoms with Gasteiger partial charge in [0.25, 0.3) is 0 Å². The second-order valence-electron chi connectivity index (χ2n) is 10.9. The third-order valence-corrected chi connectivity index (χ3v) is 7.89. The molecule has 3 saturated heterocycles. The van der Waals surface area contributed by atoms with E-state index >= 15 is 4.39 Å². The monoisotopic (exact) mass is 523 g/mol. The lowest BCUT2D eigenvalue weighted by atomic mass is 9.92. The molecule has 6 heterocycles. The molecule has 0 radical (unpaired) electrons. The highest BCUT2D eigenvalue weighted by molar-refractivity contribution is 5.92. The predicted octanol–water partition coefficient (Wildman–Crippen LogP) is 4.53. The van der Waals surface area contributed by atoms with Crippen LogP contribution in [0.2, 0.25) is 0 Å². The Morgan fingerprint density at radius 1 is 1.15 bits per heavy atom. The molecule has 39 heavy (non-hydrogen) atoms. The van der Waals surface area contributed by atoms with Crippen molar-refractivity contribution in [3.8, 4) is 23.0 Å². The van der Waals surface area contributed by atoms with Gasteiger partial charge in [-0.15, -0.1) is 0 Å². The summed E-state index contributed by atoms with van der Waals surface area (Å²) in [5, 5.41) is 14.3. The van der Waals surface area contributed by atoms with Gasteiger partial charge in [-0.1, -0.05) is 25.5 Å². The number of rotatable bonds is 4. The first-order chi connectivity index (χ1) is 18.8. The zero-order valence-electron chi connectivity index (χ0n) is 22.5. The highest BCUT2D eigenvalue weighted by atomic mass is 19.1. The van der Waals surface area contributed by atoms with Crippen molar-refractivity contribution in [1.29, 1.82) is 5.26 Å². The topological polar surface area (TPSA) is 99.7 Å². The van der Waals surface area contributed by atoms with Gasteiger partial charge < -0.3 is 10.2 Å². The molecule has 0 amide bonds. The minimum atomic E-state index is -0.480. The van der Waals surface area contributed by atoms with E-state index in [4.69, 9.17) is 4.98 Å². The molecule has 8 nitrogen and oxygen atoms in total. The van der Waals surface area contributed by atoms with Crippen LogP contribution in [0.15, 0.2) is 41.3 Å². The Labute approximate surface area is 226 Å². The molecule has 3 aromatic heterocycles. The Balaban J connectivity index is 1.73. The van der Waals surface area contributed by atoms with Crippen LogP contribution in [0.1, 0.15) is 55.0 Å². The lowest BCUT2D eigenvalue weighted by Gasteiger charge is -2.46. The van der Waals surface area contributed by atoms with Crippen LogP contribution in [0.4, 0.5) is 10.2 Å². The van der Waals surface area contributed by atoms with Crippen molar-refractivity contribution < 1.29 is 4.39 Å². The van der Waals surface area contributed by atoms with Gasteiger partial charge >= 0.3 is 5.69 Å². The molecule has 3 fully saturated rings. The molecule has 1 N–H and O–H groups in total. The standard InChI is InChI=1S/C30H30FN7O/c1-16(2)25-27(18(4)9-10-33-25)38-29-23(28(36-30(38)39)37-15-20-6-7-21(37)14-34-20)12-19(13-32)26(35-29)22-11-17(3)5-8-24(22)31/h5,8-12,16,20-21,34H,6-7,14-15H2,1-4H3. The van der Waals surface area contributed by atoms with Crippen LogP contribution < -0.4 is 15.9 Å². The molecule has 7 rings (SSSR count). The van der Waals surface area contributed by atoms with Gasteiger partial charge in [0.05, 0.1) is 28.0 Å². The molecule has 1 aromatic carbocycles. The van der Waals surface area contributed by atoms with E-state index in [9.17, 15) is 10.1 Å². The number of nitrogens with zero attached hydrogens (tertiary/aromatic N) is 6. The minimum Gasteiger partial charge on any atom is -0.350 e. The average Bonchev–Trinajstić information content (AvgIpc) is 2.94. The molecule has 2 unspecified atom stereocenters. The van der Waals surface area contributed by atoms with E-state index in [0.717, 1.165) is 42.8 Å². The van der Waals surface area contributed by atoms with Gasteiger partial charge in [0.2, 0.25) is 0 Å². The number of anilines is 1. The van der Waals surface area contributed by atoms with Gasteiger partial charge in [-0.25, -0.2) is 18.7 Å². The second kappa shape index (κ2) is 9.54. The minimum absolute atomic E-state index is 0.0255. The fourth-order valence-corrected chi connectivity index (χ4v) is 5.91. The van der Waals surface area contributed by atoms with Crippen molar-refractivity contribution in [2.75, 3.05) is 18.0 Å². The van der Waals surface area contributed by atoms with Crippen molar-refractivity contribution in [3.63, 3.8) is 0 Å². The van der Waals surface area contributed by atoms with Crippen LogP contribution in [0.5, 0.6) is 0 Å². The summed E-state index contributed by atoms with van der Waals surface area (Å²) in [5.41, 5.74) is 3.57.